The van der Waals surface area contributed by atoms with E-state index in [1.807, 2.05) is 37.3 Å². The first-order valence-corrected chi connectivity index (χ1v) is 19.1. The zero-order chi connectivity index (χ0) is 36.5. The summed E-state index contributed by atoms with van der Waals surface area (Å²) in [7, 11) is 0. The number of phenols is 2. The fraction of sp³-hybridized carbons (Fsp3) is 0.545. The molecular formula is C44H60O6. The lowest BCUT2D eigenvalue weighted by atomic mass is 9.67. The smallest absolute Gasteiger partial charge is 0.423 e. The molecule has 2 N–H and O–H groups in total. The van der Waals surface area contributed by atoms with E-state index >= 15 is 0 Å². The molecule has 0 amide bonds. The van der Waals surface area contributed by atoms with E-state index in [0.717, 1.165) is 92.0 Å². The van der Waals surface area contributed by atoms with Gasteiger partial charge in [0.15, 0.2) is 0 Å². The number of aryl methyl sites for hydroxylation is 3. The Hall–Kier alpha value is -3.80. The Balaban J connectivity index is 1.74. The van der Waals surface area contributed by atoms with Crippen LogP contribution in [0.4, 0.5) is 0 Å². The van der Waals surface area contributed by atoms with Crippen molar-refractivity contribution >= 4 is 11.9 Å². The number of ether oxygens (including phenoxy) is 2. The third kappa shape index (κ3) is 9.70. The molecule has 50 heavy (non-hydrogen) atoms. The van der Waals surface area contributed by atoms with E-state index < -0.39 is 11.9 Å². The van der Waals surface area contributed by atoms with E-state index in [0.29, 0.717) is 35.3 Å². The molecule has 0 saturated heterocycles. The third-order valence-electron chi connectivity index (χ3n) is 10.5. The largest absolute Gasteiger partial charge is 0.508 e. The van der Waals surface area contributed by atoms with Crippen LogP contribution >= 0.6 is 0 Å². The fourth-order valence-corrected chi connectivity index (χ4v) is 7.79. The van der Waals surface area contributed by atoms with Gasteiger partial charge in [0.25, 0.3) is 0 Å². The van der Waals surface area contributed by atoms with Gasteiger partial charge in [-0.05, 0) is 122 Å². The summed E-state index contributed by atoms with van der Waals surface area (Å²) in [5, 5.41) is 23.0. The van der Waals surface area contributed by atoms with Gasteiger partial charge in [-0.1, -0.05) is 104 Å². The van der Waals surface area contributed by atoms with Gasteiger partial charge in [0.05, 0.1) is 5.56 Å². The number of hydrogen-bond acceptors (Lipinski definition) is 6. The Morgan fingerprint density at radius 3 is 1.94 bits per heavy atom. The minimum Gasteiger partial charge on any atom is -0.508 e. The summed E-state index contributed by atoms with van der Waals surface area (Å²) in [4.78, 5) is 27.5. The Morgan fingerprint density at radius 1 is 0.780 bits per heavy atom. The third-order valence-corrected chi connectivity index (χ3v) is 10.5. The van der Waals surface area contributed by atoms with Crippen LogP contribution in [-0.2, 0) is 22.4 Å². The van der Waals surface area contributed by atoms with Crippen LogP contribution in [0.3, 0.4) is 0 Å². The lowest BCUT2D eigenvalue weighted by Crippen LogP contribution is -2.29. The molecule has 0 aliphatic heterocycles. The SMILES string of the molecule is CCCCCc1cc(O)c(-c2cc(C)ccc2C(C)C)c(OC(=O)C(=O)Oc2cc(CCCCC)cc(O)c2[C@@H]2C[C@H](C)CC[C@H]2C(C)C)c1. The summed E-state index contributed by atoms with van der Waals surface area (Å²) in [5.41, 5.74) is 5.42. The molecule has 1 aliphatic carbocycles. The van der Waals surface area contributed by atoms with E-state index in [9.17, 15) is 19.8 Å². The first-order valence-electron chi connectivity index (χ1n) is 19.1. The zero-order valence-electron chi connectivity index (χ0n) is 31.7. The summed E-state index contributed by atoms with van der Waals surface area (Å²) < 4.78 is 11.9. The van der Waals surface area contributed by atoms with Gasteiger partial charge in [-0.2, -0.15) is 0 Å². The number of phenolic OH excluding ortho intramolecular Hbond substituents is 2. The molecule has 6 heteroatoms. The van der Waals surface area contributed by atoms with Gasteiger partial charge < -0.3 is 19.7 Å². The maximum atomic E-state index is 13.7. The monoisotopic (exact) mass is 684 g/mol. The molecule has 0 bridgehead atoms. The number of esters is 2. The molecule has 4 rings (SSSR count). The number of benzene rings is 3. The molecule has 0 heterocycles. The highest BCUT2D eigenvalue weighted by Gasteiger charge is 2.36. The van der Waals surface area contributed by atoms with E-state index in [1.54, 1.807) is 12.1 Å². The summed E-state index contributed by atoms with van der Waals surface area (Å²) in [6, 6.07) is 13.2. The van der Waals surface area contributed by atoms with Gasteiger partial charge in [0.2, 0.25) is 0 Å². The van der Waals surface area contributed by atoms with Crippen LogP contribution in [0.2, 0.25) is 0 Å². The minimum atomic E-state index is -1.17. The first-order chi connectivity index (χ1) is 23.8. The maximum absolute atomic E-state index is 13.7. The highest BCUT2D eigenvalue weighted by atomic mass is 16.6. The van der Waals surface area contributed by atoms with Crippen LogP contribution < -0.4 is 9.47 Å². The van der Waals surface area contributed by atoms with Gasteiger partial charge >= 0.3 is 11.9 Å². The molecule has 1 saturated carbocycles. The van der Waals surface area contributed by atoms with Gasteiger partial charge in [0.1, 0.15) is 23.0 Å². The van der Waals surface area contributed by atoms with Crippen molar-refractivity contribution in [1.82, 2.24) is 0 Å². The average molecular weight is 685 g/mol. The lowest BCUT2D eigenvalue weighted by molar-refractivity contribution is -0.156. The second kappa shape index (κ2) is 17.9. The molecule has 6 nitrogen and oxygen atoms in total. The van der Waals surface area contributed by atoms with Crippen molar-refractivity contribution in [3.63, 3.8) is 0 Å². The predicted molar refractivity (Wildman–Crippen MR) is 202 cm³/mol. The van der Waals surface area contributed by atoms with Gasteiger partial charge in [-0.25, -0.2) is 9.59 Å². The van der Waals surface area contributed by atoms with Gasteiger partial charge in [-0.3, -0.25) is 0 Å². The van der Waals surface area contributed by atoms with E-state index in [-0.39, 0.29) is 34.8 Å². The Morgan fingerprint density at radius 2 is 1.36 bits per heavy atom. The summed E-state index contributed by atoms with van der Waals surface area (Å²) >= 11 is 0. The number of carbonyl (C=O) groups excluding carboxylic acids is 2. The highest BCUT2D eigenvalue weighted by Crippen LogP contribution is 2.50. The molecule has 1 fully saturated rings. The lowest BCUT2D eigenvalue weighted by Gasteiger charge is -2.38. The predicted octanol–water partition coefficient (Wildman–Crippen LogP) is 11.3. The summed E-state index contributed by atoms with van der Waals surface area (Å²) in [6.45, 7) is 17.0. The highest BCUT2D eigenvalue weighted by molar-refractivity contribution is 6.31. The van der Waals surface area contributed by atoms with E-state index in [2.05, 4.69) is 48.5 Å². The van der Waals surface area contributed by atoms with E-state index in [1.165, 1.54) is 0 Å². The summed E-state index contributed by atoms with van der Waals surface area (Å²) in [6.07, 6.45) is 10.5. The van der Waals surface area contributed by atoms with Crippen molar-refractivity contribution in [2.75, 3.05) is 0 Å². The molecule has 272 valence electrons. The fourth-order valence-electron chi connectivity index (χ4n) is 7.79. The second-order valence-corrected chi connectivity index (χ2v) is 15.4. The molecule has 3 aromatic carbocycles. The molecule has 3 atom stereocenters. The molecule has 3 aromatic rings. The van der Waals surface area contributed by atoms with Gasteiger partial charge in [-0.15, -0.1) is 0 Å². The van der Waals surface area contributed by atoms with Crippen LogP contribution in [-0.4, -0.2) is 22.2 Å². The standard InChI is InChI=1S/C44H60O6/c1-9-11-13-15-31-23-37(45)41(35-21-29(7)17-19-33(35)27(3)4)39(25-31)49-43(47)44(48)50-40-26-32(16-14-12-10-2)24-38(46)42(40)36-22-30(8)18-20-34(36)28(5)6/h17,19,21,23-28,30,34,36,45-46H,9-16,18,20,22H2,1-8H3/t30-,34+,36-/m1/s1. The zero-order valence-corrected chi connectivity index (χ0v) is 31.7. The van der Waals surface area contributed by atoms with Crippen molar-refractivity contribution in [3.8, 4) is 34.1 Å². The topological polar surface area (TPSA) is 93.1 Å². The second-order valence-electron chi connectivity index (χ2n) is 15.4. The Labute approximate surface area is 300 Å². The Kier molecular flexibility index (Phi) is 14.0. The van der Waals surface area contributed by atoms with Crippen LogP contribution in [0.1, 0.15) is 146 Å². The number of unbranched alkanes of at least 4 members (excludes halogenated alkanes) is 4. The quantitative estimate of drug-likeness (QED) is 0.0760. The number of rotatable bonds is 14. The summed E-state index contributed by atoms with van der Waals surface area (Å²) in [5.74, 6) is -0.587. The van der Waals surface area contributed by atoms with Crippen molar-refractivity contribution in [3.05, 3.63) is 70.3 Å². The molecule has 1 aliphatic rings. The van der Waals surface area contributed by atoms with Crippen molar-refractivity contribution in [1.29, 1.82) is 0 Å². The van der Waals surface area contributed by atoms with Crippen molar-refractivity contribution < 1.29 is 29.3 Å². The number of hydrogen-bond donors (Lipinski definition) is 2. The van der Waals surface area contributed by atoms with Crippen LogP contribution in [0.25, 0.3) is 11.1 Å². The number of carbonyl (C=O) groups is 2. The first kappa shape index (κ1) is 39.0. The van der Waals surface area contributed by atoms with Crippen LogP contribution in [0, 0.1) is 24.7 Å². The normalized spacial score (nSPS) is 17.7. The van der Waals surface area contributed by atoms with E-state index in [4.69, 9.17) is 9.47 Å². The Bertz CT molecular complexity index is 1620. The van der Waals surface area contributed by atoms with Crippen LogP contribution in [0.15, 0.2) is 42.5 Å². The molecular weight excluding hydrogens is 624 g/mol. The number of aromatic hydroxyl groups is 2. The van der Waals surface area contributed by atoms with Crippen molar-refractivity contribution in [2.24, 2.45) is 17.8 Å². The minimum absolute atomic E-state index is 0.000741. The van der Waals surface area contributed by atoms with Gasteiger partial charge in [0, 0.05) is 5.56 Å². The average Bonchev–Trinajstić information content (AvgIpc) is 3.04. The van der Waals surface area contributed by atoms with Crippen molar-refractivity contribution in [2.45, 2.75) is 138 Å². The molecule has 0 spiro atoms. The molecule has 0 unspecified atom stereocenters. The molecule has 0 radical (unpaired) electrons. The maximum Gasteiger partial charge on any atom is 0.423 e. The van der Waals surface area contributed by atoms with Crippen LogP contribution in [0.5, 0.6) is 23.0 Å². The molecule has 0 aromatic heterocycles.